The Labute approximate surface area is 147 Å². The number of benzene rings is 1. The molecule has 1 aromatic carbocycles. The molecule has 5 rings (SSSR count). The number of pyridine rings is 1. The van der Waals surface area contributed by atoms with Crippen molar-refractivity contribution in [3.05, 3.63) is 82.3 Å². The molecule has 1 aromatic heterocycles. The van der Waals surface area contributed by atoms with Gasteiger partial charge >= 0.3 is 0 Å². The fourth-order valence-corrected chi connectivity index (χ4v) is 4.51. The van der Waals surface area contributed by atoms with E-state index in [-0.39, 0.29) is 5.92 Å². The van der Waals surface area contributed by atoms with Crippen molar-refractivity contribution in [1.82, 2.24) is 10.3 Å². The summed E-state index contributed by atoms with van der Waals surface area (Å²) in [7, 11) is 0. The second-order valence-corrected chi connectivity index (χ2v) is 7.05. The van der Waals surface area contributed by atoms with Crippen LogP contribution in [0.3, 0.4) is 0 Å². The lowest BCUT2D eigenvalue weighted by atomic mass is 9.72. The number of hydrogen-bond acceptors (Lipinski definition) is 3. The Balaban J connectivity index is 1.73. The largest absolute Gasteiger partial charge is 0.357 e. The Kier molecular flexibility index (Phi) is 3.34. The third-order valence-electron chi connectivity index (χ3n) is 5.61. The standard InChI is InChI=1S/C22H20N2O/c25-18-10-4-9-17-20(18)19(14-6-2-1-3-7-14)16-12-11-15-8-5-13-23-21(15)22(16)24-17/h1-3,5-8,13,19,24H,4,9-12H2. The molecular formula is C22H20N2O. The highest BCUT2D eigenvalue weighted by atomic mass is 16.1. The number of fused-ring (bicyclic) bond motifs is 2. The van der Waals surface area contributed by atoms with E-state index in [1.165, 1.54) is 16.7 Å². The highest BCUT2D eigenvalue weighted by molar-refractivity contribution is 6.01. The van der Waals surface area contributed by atoms with Crippen LogP contribution in [0.25, 0.3) is 5.70 Å². The molecule has 0 radical (unpaired) electrons. The molecule has 0 fully saturated rings. The van der Waals surface area contributed by atoms with Gasteiger partial charge in [-0.1, -0.05) is 36.4 Å². The molecule has 2 aromatic rings. The summed E-state index contributed by atoms with van der Waals surface area (Å²) in [6.45, 7) is 0. The molecule has 0 amide bonds. The summed E-state index contributed by atoms with van der Waals surface area (Å²) in [4.78, 5) is 17.5. The summed E-state index contributed by atoms with van der Waals surface area (Å²) in [5.41, 5.74) is 8.16. The van der Waals surface area contributed by atoms with Crippen molar-refractivity contribution in [2.24, 2.45) is 0 Å². The van der Waals surface area contributed by atoms with Gasteiger partial charge in [0.05, 0.1) is 11.4 Å². The number of carbonyl (C=O) groups is 1. The summed E-state index contributed by atoms with van der Waals surface area (Å²) >= 11 is 0. The van der Waals surface area contributed by atoms with Crippen LogP contribution in [0.1, 0.15) is 48.4 Å². The van der Waals surface area contributed by atoms with Crippen molar-refractivity contribution in [3.8, 4) is 0 Å². The molecule has 0 saturated heterocycles. The van der Waals surface area contributed by atoms with Gasteiger partial charge < -0.3 is 5.32 Å². The molecule has 1 N–H and O–H groups in total. The Hall–Kier alpha value is -2.68. The van der Waals surface area contributed by atoms with Gasteiger partial charge in [-0.05, 0) is 48.4 Å². The van der Waals surface area contributed by atoms with Gasteiger partial charge in [0.15, 0.2) is 5.78 Å². The van der Waals surface area contributed by atoms with Crippen molar-refractivity contribution in [3.63, 3.8) is 0 Å². The minimum absolute atomic E-state index is 0.0791. The Morgan fingerprint density at radius 2 is 1.84 bits per heavy atom. The van der Waals surface area contributed by atoms with Gasteiger partial charge in [-0.25, -0.2) is 0 Å². The topological polar surface area (TPSA) is 42.0 Å². The van der Waals surface area contributed by atoms with Crippen LogP contribution in [-0.2, 0) is 11.2 Å². The summed E-state index contributed by atoms with van der Waals surface area (Å²) < 4.78 is 0. The number of Topliss-reactive ketones (excluding diaryl/α,β-unsaturated/α-hetero) is 1. The first-order valence-corrected chi connectivity index (χ1v) is 9.08. The van der Waals surface area contributed by atoms with Gasteiger partial charge in [0, 0.05) is 29.8 Å². The van der Waals surface area contributed by atoms with Crippen LogP contribution in [0.2, 0.25) is 0 Å². The highest BCUT2D eigenvalue weighted by Crippen LogP contribution is 2.47. The molecule has 0 saturated carbocycles. The molecule has 0 bridgehead atoms. The molecule has 0 spiro atoms. The maximum atomic E-state index is 12.8. The van der Waals surface area contributed by atoms with Crippen molar-refractivity contribution in [1.29, 1.82) is 0 Å². The fourth-order valence-electron chi connectivity index (χ4n) is 4.51. The average molecular weight is 328 g/mol. The van der Waals surface area contributed by atoms with E-state index >= 15 is 0 Å². The number of nitrogens with one attached hydrogen (secondary N) is 1. The molecule has 1 atom stereocenters. The zero-order valence-electron chi connectivity index (χ0n) is 14.1. The van der Waals surface area contributed by atoms with Gasteiger partial charge in [-0.3, -0.25) is 9.78 Å². The van der Waals surface area contributed by atoms with Crippen LogP contribution in [-0.4, -0.2) is 10.8 Å². The second kappa shape index (κ2) is 5.69. The van der Waals surface area contributed by atoms with Crippen molar-refractivity contribution < 1.29 is 4.79 Å². The number of aromatic nitrogens is 1. The van der Waals surface area contributed by atoms with Crippen LogP contribution >= 0.6 is 0 Å². The number of aryl methyl sites for hydroxylation is 1. The van der Waals surface area contributed by atoms with Gasteiger partial charge in [0.1, 0.15) is 0 Å². The third-order valence-corrected chi connectivity index (χ3v) is 5.61. The molecule has 3 heteroatoms. The van der Waals surface area contributed by atoms with Crippen molar-refractivity contribution >= 4 is 11.5 Å². The van der Waals surface area contributed by atoms with Crippen molar-refractivity contribution in [2.75, 3.05) is 0 Å². The van der Waals surface area contributed by atoms with E-state index in [1.54, 1.807) is 0 Å². The molecule has 2 aliphatic carbocycles. The summed E-state index contributed by atoms with van der Waals surface area (Å²) in [5.74, 6) is 0.386. The van der Waals surface area contributed by atoms with Gasteiger partial charge in [0.25, 0.3) is 0 Å². The number of dihydropyridines is 1. The molecule has 25 heavy (non-hydrogen) atoms. The minimum Gasteiger partial charge on any atom is -0.357 e. The Morgan fingerprint density at radius 1 is 0.960 bits per heavy atom. The van der Waals surface area contributed by atoms with Crippen LogP contribution in [0, 0.1) is 0 Å². The lowest BCUT2D eigenvalue weighted by Crippen LogP contribution is -2.33. The van der Waals surface area contributed by atoms with Crippen LogP contribution < -0.4 is 5.32 Å². The highest BCUT2D eigenvalue weighted by Gasteiger charge is 2.38. The average Bonchev–Trinajstić information content (AvgIpc) is 2.67. The molecule has 1 aliphatic heterocycles. The van der Waals surface area contributed by atoms with E-state index < -0.39 is 0 Å². The number of ketones is 1. The third kappa shape index (κ3) is 2.26. The molecule has 3 aliphatic rings. The second-order valence-electron chi connectivity index (χ2n) is 7.05. The monoisotopic (exact) mass is 328 g/mol. The molecule has 2 heterocycles. The maximum Gasteiger partial charge on any atom is 0.161 e. The molecule has 124 valence electrons. The number of allylic oxidation sites excluding steroid dienone is 3. The van der Waals surface area contributed by atoms with Gasteiger partial charge in [-0.2, -0.15) is 0 Å². The predicted molar refractivity (Wildman–Crippen MR) is 97.7 cm³/mol. The number of nitrogens with zero attached hydrogens (tertiary/aromatic N) is 1. The fraction of sp³-hybridized carbons (Fsp3) is 0.273. The summed E-state index contributed by atoms with van der Waals surface area (Å²) in [6.07, 6.45) is 6.38. The van der Waals surface area contributed by atoms with Crippen LogP contribution in [0.4, 0.5) is 0 Å². The summed E-state index contributed by atoms with van der Waals surface area (Å²) in [6, 6.07) is 14.7. The quantitative estimate of drug-likeness (QED) is 0.856. The number of hydrogen-bond donors (Lipinski definition) is 1. The van der Waals surface area contributed by atoms with Gasteiger partial charge in [0.2, 0.25) is 0 Å². The van der Waals surface area contributed by atoms with Gasteiger partial charge in [-0.15, -0.1) is 0 Å². The van der Waals surface area contributed by atoms with E-state index in [4.69, 9.17) is 0 Å². The zero-order chi connectivity index (χ0) is 16.8. The Morgan fingerprint density at radius 3 is 2.72 bits per heavy atom. The molecule has 3 nitrogen and oxygen atoms in total. The lowest BCUT2D eigenvalue weighted by molar-refractivity contribution is -0.116. The Bertz CT molecular complexity index is 924. The first-order valence-electron chi connectivity index (χ1n) is 9.08. The zero-order valence-corrected chi connectivity index (χ0v) is 14.1. The van der Waals surface area contributed by atoms with Crippen LogP contribution in [0.15, 0.2) is 65.5 Å². The van der Waals surface area contributed by atoms with E-state index in [0.29, 0.717) is 12.2 Å². The first-order chi connectivity index (χ1) is 12.3. The number of rotatable bonds is 1. The lowest BCUT2D eigenvalue weighted by Gasteiger charge is -2.38. The van der Waals surface area contributed by atoms with E-state index in [2.05, 4.69) is 40.6 Å². The minimum atomic E-state index is 0.0791. The summed E-state index contributed by atoms with van der Waals surface area (Å²) in [5, 5.41) is 3.62. The first kappa shape index (κ1) is 14.6. The molecular weight excluding hydrogens is 308 g/mol. The van der Waals surface area contributed by atoms with Crippen molar-refractivity contribution in [2.45, 2.75) is 38.0 Å². The molecule has 1 unspecified atom stereocenters. The maximum absolute atomic E-state index is 12.8. The van der Waals surface area contributed by atoms with E-state index in [1.807, 2.05) is 18.3 Å². The predicted octanol–water partition coefficient (Wildman–Crippen LogP) is 4.13. The van der Waals surface area contributed by atoms with Crippen LogP contribution in [0.5, 0.6) is 0 Å². The normalized spacial score (nSPS) is 22.1. The number of carbonyl (C=O) groups excluding carboxylic acids is 1. The SMILES string of the molecule is O=C1CCCC2=C1C(c1ccccc1)C1=C(N2)c2ncccc2CC1. The van der Waals surface area contributed by atoms with E-state index in [0.717, 1.165) is 48.3 Å². The van der Waals surface area contributed by atoms with E-state index in [9.17, 15) is 4.79 Å². The smallest absolute Gasteiger partial charge is 0.161 e.